The molecule has 1 heterocycles. The maximum Gasteiger partial charge on any atom is 0.220 e. The number of methoxy groups -OCH3 is 1. The summed E-state index contributed by atoms with van der Waals surface area (Å²) in [6.07, 6.45) is 2.61. The molecule has 0 aromatic heterocycles. The van der Waals surface area contributed by atoms with E-state index in [1.807, 2.05) is 18.2 Å². The Labute approximate surface area is 162 Å². The Hall–Kier alpha value is -1.14. The highest BCUT2D eigenvalue weighted by Gasteiger charge is 2.30. The van der Waals surface area contributed by atoms with Crippen LogP contribution in [0.15, 0.2) is 24.3 Å². The molecule has 6 heteroatoms. The summed E-state index contributed by atoms with van der Waals surface area (Å²) in [6, 6.07) is 8.61. The summed E-state index contributed by atoms with van der Waals surface area (Å²) in [6.45, 7) is 4.14. The zero-order valence-electron chi connectivity index (χ0n) is 16.2. The van der Waals surface area contributed by atoms with Crippen molar-refractivity contribution in [2.24, 2.45) is 5.92 Å². The van der Waals surface area contributed by atoms with E-state index < -0.39 is 0 Å². The molecular formula is C20H32ClN3O2. The number of nitrogens with zero attached hydrogens (tertiary/aromatic N) is 2. The van der Waals surface area contributed by atoms with Gasteiger partial charge in [0.25, 0.3) is 0 Å². The van der Waals surface area contributed by atoms with E-state index in [2.05, 4.69) is 35.3 Å². The molecular weight excluding hydrogens is 350 g/mol. The van der Waals surface area contributed by atoms with Crippen LogP contribution in [0.5, 0.6) is 0 Å². The monoisotopic (exact) mass is 381 g/mol. The van der Waals surface area contributed by atoms with Crippen molar-refractivity contribution in [2.75, 3.05) is 47.4 Å². The normalized spacial score (nSPS) is 21.1. The fourth-order valence-corrected chi connectivity index (χ4v) is 4.01. The molecule has 1 aliphatic rings. The number of ether oxygens (including phenoxy) is 1. The molecule has 5 nitrogen and oxygen atoms in total. The molecule has 0 spiro atoms. The lowest BCUT2D eigenvalue weighted by atomic mass is 9.87. The average molecular weight is 382 g/mol. The average Bonchev–Trinajstić information content (AvgIpc) is 2.60. The number of hydrogen-bond acceptors (Lipinski definition) is 4. The maximum atomic E-state index is 12.0. The zero-order chi connectivity index (χ0) is 18.9. The van der Waals surface area contributed by atoms with Gasteiger partial charge in [0.1, 0.15) is 0 Å². The summed E-state index contributed by atoms with van der Waals surface area (Å²) in [5.74, 6) is 0.609. The molecule has 0 unspecified atom stereocenters. The summed E-state index contributed by atoms with van der Waals surface area (Å²) in [4.78, 5) is 16.8. The van der Waals surface area contributed by atoms with Crippen LogP contribution >= 0.6 is 11.6 Å². The lowest BCUT2D eigenvalue weighted by Gasteiger charge is -2.41. The molecule has 0 bridgehead atoms. The van der Waals surface area contributed by atoms with Gasteiger partial charge in [-0.05, 0) is 57.1 Å². The van der Waals surface area contributed by atoms with Crippen LogP contribution in [0.3, 0.4) is 0 Å². The second-order valence-electron chi connectivity index (χ2n) is 7.33. The third kappa shape index (κ3) is 6.88. The van der Waals surface area contributed by atoms with Crippen LogP contribution in [0.2, 0.25) is 5.02 Å². The van der Waals surface area contributed by atoms with Crippen molar-refractivity contribution >= 4 is 17.5 Å². The number of halogens is 1. The van der Waals surface area contributed by atoms with E-state index in [-0.39, 0.29) is 5.91 Å². The number of hydrogen-bond donors (Lipinski definition) is 1. The zero-order valence-corrected chi connectivity index (χ0v) is 17.0. The summed E-state index contributed by atoms with van der Waals surface area (Å²) in [5, 5.41) is 3.71. The Bertz CT molecular complexity index is 568. The SMILES string of the molecule is COCCNC(=O)CC[C@H]1CN(Cc2cccc(Cl)c2)CC[C@H]1N(C)C. The summed E-state index contributed by atoms with van der Waals surface area (Å²) < 4.78 is 4.98. The number of amides is 1. The fraction of sp³-hybridized carbons (Fsp3) is 0.650. The van der Waals surface area contributed by atoms with Crippen molar-refractivity contribution < 1.29 is 9.53 Å². The third-order valence-electron chi connectivity index (χ3n) is 5.11. The van der Waals surface area contributed by atoms with Crippen LogP contribution in [0.1, 0.15) is 24.8 Å². The van der Waals surface area contributed by atoms with Gasteiger partial charge in [0.2, 0.25) is 5.91 Å². The van der Waals surface area contributed by atoms with Crippen LogP contribution < -0.4 is 5.32 Å². The molecule has 0 radical (unpaired) electrons. The summed E-state index contributed by atoms with van der Waals surface area (Å²) in [7, 11) is 5.93. The van der Waals surface area contributed by atoms with Gasteiger partial charge in [0.05, 0.1) is 6.61 Å². The standard InChI is InChI=1S/C20H32ClN3O2/c1-23(2)19-9-11-24(14-16-5-4-6-18(21)13-16)15-17(19)7-8-20(25)22-10-12-26-3/h4-6,13,17,19H,7-12,14-15H2,1-3H3,(H,22,25)/t17-,19+/m0/s1. The smallest absolute Gasteiger partial charge is 0.220 e. The van der Waals surface area contributed by atoms with Gasteiger partial charge in [0.15, 0.2) is 0 Å². The number of carbonyl (C=O) groups is 1. The highest BCUT2D eigenvalue weighted by atomic mass is 35.5. The molecule has 2 rings (SSSR count). The molecule has 1 saturated heterocycles. The predicted molar refractivity (Wildman–Crippen MR) is 106 cm³/mol. The van der Waals surface area contributed by atoms with Crippen molar-refractivity contribution in [3.63, 3.8) is 0 Å². The molecule has 146 valence electrons. The Morgan fingerprint density at radius 3 is 2.92 bits per heavy atom. The fourth-order valence-electron chi connectivity index (χ4n) is 3.79. The number of carbonyl (C=O) groups excluding carboxylic acids is 1. The number of benzene rings is 1. The first-order chi connectivity index (χ1) is 12.5. The lowest BCUT2D eigenvalue weighted by Crippen LogP contribution is -2.48. The van der Waals surface area contributed by atoms with E-state index >= 15 is 0 Å². The quantitative estimate of drug-likeness (QED) is 0.668. The van der Waals surface area contributed by atoms with Gasteiger partial charge in [-0.25, -0.2) is 0 Å². The highest BCUT2D eigenvalue weighted by Crippen LogP contribution is 2.26. The first-order valence-corrected chi connectivity index (χ1v) is 9.76. The van der Waals surface area contributed by atoms with Crippen molar-refractivity contribution in [2.45, 2.75) is 31.8 Å². The summed E-state index contributed by atoms with van der Waals surface area (Å²) in [5.41, 5.74) is 1.25. The minimum absolute atomic E-state index is 0.117. The molecule has 26 heavy (non-hydrogen) atoms. The van der Waals surface area contributed by atoms with Crippen molar-refractivity contribution in [1.29, 1.82) is 0 Å². The van der Waals surface area contributed by atoms with Crippen molar-refractivity contribution in [3.05, 3.63) is 34.9 Å². The molecule has 1 N–H and O–H groups in total. The minimum atomic E-state index is 0.117. The van der Waals surface area contributed by atoms with Crippen LogP contribution in [0.25, 0.3) is 0 Å². The van der Waals surface area contributed by atoms with E-state index in [9.17, 15) is 4.79 Å². The van der Waals surface area contributed by atoms with Crippen molar-refractivity contribution in [1.82, 2.24) is 15.1 Å². The maximum absolute atomic E-state index is 12.0. The molecule has 1 fully saturated rings. The third-order valence-corrected chi connectivity index (χ3v) is 5.34. The molecule has 2 atom stereocenters. The second kappa shape index (κ2) is 10.9. The Balaban J connectivity index is 1.89. The number of nitrogens with one attached hydrogen (secondary N) is 1. The van der Waals surface area contributed by atoms with E-state index in [4.69, 9.17) is 16.3 Å². The Kier molecular flexibility index (Phi) is 8.85. The summed E-state index contributed by atoms with van der Waals surface area (Å²) >= 11 is 6.11. The van der Waals surface area contributed by atoms with Crippen LogP contribution in [0, 0.1) is 5.92 Å². The predicted octanol–water partition coefficient (Wildman–Crippen LogP) is 2.63. The van der Waals surface area contributed by atoms with Gasteiger partial charge in [-0.15, -0.1) is 0 Å². The van der Waals surface area contributed by atoms with Gasteiger partial charge in [-0.1, -0.05) is 23.7 Å². The molecule has 0 saturated carbocycles. The van der Waals surface area contributed by atoms with Gasteiger partial charge in [-0.3, -0.25) is 9.69 Å². The van der Waals surface area contributed by atoms with Gasteiger partial charge in [-0.2, -0.15) is 0 Å². The highest BCUT2D eigenvalue weighted by molar-refractivity contribution is 6.30. The topological polar surface area (TPSA) is 44.8 Å². The second-order valence-corrected chi connectivity index (χ2v) is 7.76. The molecule has 1 aliphatic heterocycles. The molecule has 1 aromatic carbocycles. The molecule has 1 aromatic rings. The van der Waals surface area contributed by atoms with Gasteiger partial charge >= 0.3 is 0 Å². The minimum Gasteiger partial charge on any atom is -0.383 e. The first kappa shape index (κ1) is 21.2. The molecule has 1 amide bonds. The number of piperidine rings is 1. The van der Waals surface area contributed by atoms with Crippen LogP contribution in [-0.4, -0.2) is 69.2 Å². The van der Waals surface area contributed by atoms with E-state index in [0.717, 1.165) is 37.5 Å². The van der Waals surface area contributed by atoms with Crippen LogP contribution in [0.4, 0.5) is 0 Å². The molecule has 0 aliphatic carbocycles. The van der Waals surface area contributed by atoms with E-state index in [0.29, 0.717) is 31.5 Å². The van der Waals surface area contributed by atoms with Crippen molar-refractivity contribution in [3.8, 4) is 0 Å². The van der Waals surface area contributed by atoms with Gasteiger partial charge in [0, 0.05) is 44.2 Å². The van der Waals surface area contributed by atoms with Gasteiger partial charge < -0.3 is 15.0 Å². The van der Waals surface area contributed by atoms with E-state index in [1.165, 1.54) is 5.56 Å². The van der Waals surface area contributed by atoms with Crippen LogP contribution in [-0.2, 0) is 16.1 Å². The Morgan fingerprint density at radius 1 is 1.42 bits per heavy atom. The lowest BCUT2D eigenvalue weighted by molar-refractivity contribution is -0.121. The first-order valence-electron chi connectivity index (χ1n) is 9.38. The Morgan fingerprint density at radius 2 is 2.23 bits per heavy atom. The van der Waals surface area contributed by atoms with E-state index in [1.54, 1.807) is 7.11 Å². The number of likely N-dealkylation sites (tertiary alicyclic amines) is 1. The largest absolute Gasteiger partial charge is 0.383 e. The number of rotatable bonds is 9.